The number of carbonyl (C=O) groups is 3. The topological polar surface area (TPSA) is 69.7 Å². The van der Waals surface area contributed by atoms with E-state index in [2.05, 4.69) is 57.0 Å². The minimum atomic E-state index is -0.431. The molecule has 1 fully saturated rings. The molecule has 2 aromatic rings. The van der Waals surface area contributed by atoms with Crippen molar-refractivity contribution >= 4 is 46.3 Å². The van der Waals surface area contributed by atoms with Gasteiger partial charge in [-0.2, -0.15) is 0 Å². The van der Waals surface area contributed by atoms with E-state index in [-0.39, 0.29) is 12.1 Å². The number of aryl methyl sites for hydroxylation is 2. The fourth-order valence-electron chi connectivity index (χ4n) is 5.51. The van der Waals surface area contributed by atoms with Gasteiger partial charge in [0, 0.05) is 23.0 Å². The van der Waals surface area contributed by atoms with Crippen LogP contribution in [0.5, 0.6) is 0 Å². The largest absolute Gasteiger partial charge is 0.364 e. The molecule has 0 aliphatic carbocycles. The van der Waals surface area contributed by atoms with Crippen molar-refractivity contribution in [3.8, 4) is 0 Å². The Kier molecular flexibility index (Phi) is 7.06. The zero-order valence-electron chi connectivity index (χ0n) is 22.1. The van der Waals surface area contributed by atoms with Gasteiger partial charge < -0.3 is 10.2 Å². The molecular formula is C29H35N3O3S. The first-order valence-corrected chi connectivity index (χ1v) is 13.2. The van der Waals surface area contributed by atoms with Gasteiger partial charge in [0.15, 0.2) is 0 Å². The van der Waals surface area contributed by atoms with Gasteiger partial charge in [0.25, 0.3) is 11.1 Å². The SMILES string of the molecule is Cc1ccc(NC(=O)CN2C(=O)S/C(=C\c3cc4c(cc3C)N(C(C)C)C(C)(C)C[C@H]4C)C2=O)cc1. The number of carbonyl (C=O) groups excluding carboxylic acids is 3. The standard InChI is InChI=1S/C29H35N3O3S/c1-17(2)32-24-12-19(4)21(13-23(24)20(5)15-29(32,6)7)14-25-27(34)31(28(35)36-25)16-26(33)30-22-10-8-18(3)9-11-22/h8-14,17,20H,15-16H2,1-7H3,(H,30,33)/b25-14-/t20-/m1/s1. The zero-order chi connectivity index (χ0) is 26.4. The van der Waals surface area contributed by atoms with Crippen LogP contribution in [0.4, 0.5) is 16.2 Å². The zero-order valence-corrected chi connectivity index (χ0v) is 23.0. The van der Waals surface area contributed by atoms with E-state index in [4.69, 9.17) is 0 Å². The molecule has 0 unspecified atom stereocenters. The van der Waals surface area contributed by atoms with Crippen LogP contribution in [0.25, 0.3) is 6.08 Å². The van der Waals surface area contributed by atoms with Crippen LogP contribution in [0.1, 0.15) is 69.2 Å². The summed E-state index contributed by atoms with van der Waals surface area (Å²) in [6, 6.07) is 12.1. The number of thioether (sulfide) groups is 1. The third kappa shape index (κ3) is 5.07. The van der Waals surface area contributed by atoms with Crippen molar-refractivity contribution in [2.45, 2.75) is 72.4 Å². The van der Waals surface area contributed by atoms with E-state index in [1.165, 1.54) is 11.3 Å². The molecule has 1 atom stereocenters. The molecule has 2 aliphatic heterocycles. The molecule has 0 spiro atoms. The second kappa shape index (κ2) is 9.77. The Hall–Kier alpha value is -3.06. The van der Waals surface area contributed by atoms with Gasteiger partial charge >= 0.3 is 0 Å². The number of imide groups is 1. The Morgan fingerprint density at radius 2 is 1.83 bits per heavy atom. The van der Waals surface area contributed by atoms with Gasteiger partial charge in [0.2, 0.25) is 5.91 Å². The lowest BCUT2D eigenvalue weighted by Gasteiger charge is -2.50. The Morgan fingerprint density at radius 3 is 2.47 bits per heavy atom. The molecule has 2 aliphatic rings. The Labute approximate surface area is 218 Å². The van der Waals surface area contributed by atoms with E-state index >= 15 is 0 Å². The van der Waals surface area contributed by atoms with E-state index in [1.807, 2.05) is 26.0 Å². The number of benzene rings is 2. The van der Waals surface area contributed by atoms with Crippen molar-refractivity contribution in [3.05, 3.63) is 63.6 Å². The number of hydrogen-bond donors (Lipinski definition) is 1. The van der Waals surface area contributed by atoms with Gasteiger partial charge in [-0.1, -0.05) is 24.6 Å². The predicted octanol–water partition coefficient (Wildman–Crippen LogP) is 6.48. The highest BCUT2D eigenvalue weighted by molar-refractivity contribution is 8.18. The van der Waals surface area contributed by atoms with Crippen molar-refractivity contribution in [2.75, 3.05) is 16.8 Å². The minimum absolute atomic E-state index is 0.0519. The third-order valence-electron chi connectivity index (χ3n) is 6.98. The van der Waals surface area contributed by atoms with Crippen LogP contribution in [-0.2, 0) is 9.59 Å². The highest BCUT2D eigenvalue weighted by atomic mass is 32.2. The summed E-state index contributed by atoms with van der Waals surface area (Å²) in [5.74, 6) is -0.463. The lowest BCUT2D eigenvalue weighted by Crippen LogP contribution is -2.51. The van der Waals surface area contributed by atoms with Crippen LogP contribution in [0.2, 0.25) is 0 Å². The van der Waals surface area contributed by atoms with Gasteiger partial charge in [0.1, 0.15) is 6.54 Å². The molecule has 7 heteroatoms. The summed E-state index contributed by atoms with van der Waals surface area (Å²) < 4.78 is 0. The van der Waals surface area contributed by atoms with Gasteiger partial charge in [-0.3, -0.25) is 19.3 Å². The lowest BCUT2D eigenvalue weighted by molar-refractivity contribution is -0.127. The second-order valence-electron chi connectivity index (χ2n) is 10.8. The summed E-state index contributed by atoms with van der Waals surface area (Å²) in [7, 11) is 0. The molecule has 1 saturated heterocycles. The van der Waals surface area contributed by atoms with E-state index in [0.717, 1.165) is 39.8 Å². The molecule has 6 nitrogen and oxygen atoms in total. The Morgan fingerprint density at radius 1 is 1.17 bits per heavy atom. The van der Waals surface area contributed by atoms with Gasteiger partial charge in [-0.25, -0.2) is 0 Å². The van der Waals surface area contributed by atoms with Crippen LogP contribution in [0, 0.1) is 13.8 Å². The molecule has 0 aromatic heterocycles. The number of nitrogens with zero attached hydrogens (tertiary/aromatic N) is 2. The normalized spacial score (nSPS) is 20.3. The minimum Gasteiger partial charge on any atom is -0.364 e. The first-order chi connectivity index (χ1) is 16.9. The number of rotatable bonds is 5. The first-order valence-electron chi connectivity index (χ1n) is 12.4. The molecule has 0 radical (unpaired) electrons. The Bertz CT molecular complexity index is 1250. The van der Waals surface area contributed by atoms with Crippen molar-refractivity contribution < 1.29 is 14.4 Å². The summed E-state index contributed by atoms with van der Waals surface area (Å²) in [5, 5.41) is 2.32. The number of hydrogen-bond acceptors (Lipinski definition) is 5. The summed E-state index contributed by atoms with van der Waals surface area (Å²) in [6.07, 6.45) is 2.83. The average Bonchev–Trinajstić information content (AvgIpc) is 3.03. The van der Waals surface area contributed by atoms with E-state index < -0.39 is 17.1 Å². The second-order valence-corrected chi connectivity index (χ2v) is 11.8. The summed E-state index contributed by atoms with van der Waals surface area (Å²) in [4.78, 5) is 42.0. The van der Waals surface area contributed by atoms with Crippen LogP contribution in [0.3, 0.4) is 0 Å². The summed E-state index contributed by atoms with van der Waals surface area (Å²) in [5.41, 5.74) is 6.24. The first kappa shape index (κ1) is 26.0. The molecule has 190 valence electrons. The number of amides is 3. The smallest absolute Gasteiger partial charge is 0.294 e. The average molecular weight is 506 g/mol. The number of nitrogens with one attached hydrogen (secondary N) is 1. The van der Waals surface area contributed by atoms with Crippen LogP contribution in [0.15, 0.2) is 41.3 Å². The van der Waals surface area contributed by atoms with Crippen molar-refractivity contribution in [2.24, 2.45) is 0 Å². The molecule has 3 amide bonds. The van der Waals surface area contributed by atoms with Crippen LogP contribution < -0.4 is 10.2 Å². The van der Waals surface area contributed by atoms with E-state index in [9.17, 15) is 14.4 Å². The number of fused-ring (bicyclic) bond motifs is 1. The van der Waals surface area contributed by atoms with Crippen LogP contribution >= 0.6 is 11.8 Å². The maximum Gasteiger partial charge on any atom is 0.294 e. The monoisotopic (exact) mass is 505 g/mol. The van der Waals surface area contributed by atoms with Gasteiger partial charge in [-0.15, -0.1) is 0 Å². The lowest BCUT2D eigenvalue weighted by atomic mass is 9.78. The maximum atomic E-state index is 13.1. The molecule has 2 heterocycles. The molecule has 2 aromatic carbocycles. The highest BCUT2D eigenvalue weighted by Gasteiger charge is 2.39. The highest BCUT2D eigenvalue weighted by Crippen LogP contribution is 2.46. The fraction of sp³-hybridized carbons (Fsp3) is 0.414. The molecular weight excluding hydrogens is 470 g/mol. The fourth-order valence-corrected chi connectivity index (χ4v) is 6.33. The quantitative estimate of drug-likeness (QED) is 0.471. The third-order valence-corrected chi connectivity index (χ3v) is 7.88. The van der Waals surface area contributed by atoms with E-state index in [1.54, 1.807) is 18.2 Å². The predicted molar refractivity (Wildman–Crippen MR) is 148 cm³/mol. The molecule has 36 heavy (non-hydrogen) atoms. The molecule has 4 rings (SSSR count). The van der Waals surface area contributed by atoms with E-state index in [0.29, 0.717) is 22.6 Å². The van der Waals surface area contributed by atoms with Crippen LogP contribution in [-0.4, -0.2) is 40.1 Å². The summed E-state index contributed by atoms with van der Waals surface area (Å²) >= 11 is 0.887. The molecule has 0 bridgehead atoms. The summed E-state index contributed by atoms with van der Waals surface area (Å²) in [6.45, 7) is 15.0. The van der Waals surface area contributed by atoms with Crippen molar-refractivity contribution in [3.63, 3.8) is 0 Å². The van der Waals surface area contributed by atoms with Crippen molar-refractivity contribution in [1.29, 1.82) is 0 Å². The molecule has 1 N–H and O–H groups in total. The Balaban J connectivity index is 1.56. The molecule has 0 saturated carbocycles. The van der Waals surface area contributed by atoms with Crippen molar-refractivity contribution in [1.82, 2.24) is 4.90 Å². The maximum absolute atomic E-state index is 13.1. The number of anilines is 2. The van der Waals surface area contributed by atoms with Gasteiger partial charge in [0.05, 0.1) is 4.91 Å². The van der Waals surface area contributed by atoms with Gasteiger partial charge in [-0.05, 0) is 113 Å².